The Balaban J connectivity index is 1.27. The molecule has 7 nitrogen and oxygen atoms in total. The quantitative estimate of drug-likeness (QED) is 0.762. The average Bonchev–Trinajstić information content (AvgIpc) is 3.31. The molecule has 4 rings (SSSR count). The van der Waals surface area contributed by atoms with E-state index in [1.54, 1.807) is 0 Å². The molecule has 3 saturated heterocycles. The summed E-state index contributed by atoms with van der Waals surface area (Å²) < 4.78 is 23.2. The number of piperidine rings is 1. The first-order chi connectivity index (χ1) is 12.7. The van der Waals surface area contributed by atoms with E-state index in [2.05, 4.69) is 10.6 Å². The van der Waals surface area contributed by atoms with E-state index in [4.69, 9.17) is 18.9 Å². The molecule has 1 aliphatic carbocycles. The Kier molecular flexibility index (Phi) is 6.10. The van der Waals surface area contributed by atoms with Crippen molar-refractivity contribution in [2.45, 2.75) is 88.6 Å². The lowest BCUT2D eigenvalue weighted by Gasteiger charge is -2.35. The van der Waals surface area contributed by atoms with E-state index in [0.29, 0.717) is 19.3 Å². The Morgan fingerprint density at radius 1 is 1.12 bits per heavy atom. The van der Waals surface area contributed by atoms with Gasteiger partial charge >= 0.3 is 0 Å². The highest BCUT2D eigenvalue weighted by Gasteiger charge is 2.41. The maximum Gasteiger partial charge on any atom is 0.249 e. The SMILES string of the molecule is CCOC1NCCCC1C1CCC(C(=O)NC2CCC3OCOC3C2)O1. The van der Waals surface area contributed by atoms with E-state index in [1.165, 1.54) is 0 Å². The van der Waals surface area contributed by atoms with Crippen LogP contribution >= 0.6 is 0 Å². The Bertz CT molecular complexity index is 489. The number of nitrogens with one attached hydrogen (secondary N) is 2. The molecule has 26 heavy (non-hydrogen) atoms. The Morgan fingerprint density at radius 2 is 1.96 bits per heavy atom. The van der Waals surface area contributed by atoms with Crippen LogP contribution in [0.4, 0.5) is 0 Å². The van der Waals surface area contributed by atoms with Gasteiger partial charge in [0, 0.05) is 18.6 Å². The molecule has 0 radical (unpaired) electrons. The van der Waals surface area contributed by atoms with Crippen LogP contribution in [-0.2, 0) is 23.7 Å². The summed E-state index contributed by atoms with van der Waals surface area (Å²) in [5.41, 5.74) is 0. The Labute approximate surface area is 155 Å². The molecule has 7 heteroatoms. The molecular weight excluding hydrogens is 336 g/mol. The number of rotatable bonds is 5. The van der Waals surface area contributed by atoms with Crippen molar-refractivity contribution in [1.82, 2.24) is 10.6 Å². The second kappa shape index (κ2) is 8.52. The van der Waals surface area contributed by atoms with Gasteiger partial charge in [-0.1, -0.05) is 0 Å². The fourth-order valence-electron chi connectivity index (χ4n) is 4.91. The van der Waals surface area contributed by atoms with Crippen LogP contribution in [0.15, 0.2) is 0 Å². The molecule has 0 aromatic rings. The van der Waals surface area contributed by atoms with Crippen LogP contribution in [0.1, 0.15) is 51.9 Å². The maximum atomic E-state index is 12.7. The Morgan fingerprint density at radius 3 is 2.85 bits per heavy atom. The summed E-state index contributed by atoms with van der Waals surface area (Å²) in [4.78, 5) is 12.7. The highest BCUT2D eigenvalue weighted by Crippen LogP contribution is 2.33. The van der Waals surface area contributed by atoms with E-state index in [9.17, 15) is 4.79 Å². The maximum absolute atomic E-state index is 12.7. The van der Waals surface area contributed by atoms with Gasteiger partial charge in [0.25, 0.3) is 0 Å². The van der Waals surface area contributed by atoms with Gasteiger partial charge in [0.05, 0.1) is 18.3 Å². The first kappa shape index (κ1) is 18.6. The summed E-state index contributed by atoms with van der Waals surface area (Å²) >= 11 is 0. The first-order valence-corrected chi connectivity index (χ1v) is 10.3. The van der Waals surface area contributed by atoms with Crippen LogP contribution in [0.3, 0.4) is 0 Å². The van der Waals surface area contributed by atoms with Crippen LogP contribution in [-0.4, -0.2) is 62.5 Å². The van der Waals surface area contributed by atoms with E-state index in [-0.39, 0.29) is 42.6 Å². The monoisotopic (exact) mass is 368 g/mol. The zero-order chi connectivity index (χ0) is 17.9. The highest BCUT2D eigenvalue weighted by atomic mass is 16.7. The van der Waals surface area contributed by atoms with E-state index in [0.717, 1.165) is 51.5 Å². The molecule has 7 atom stereocenters. The number of fused-ring (bicyclic) bond motifs is 1. The molecule has 4 fully saturated rings. The van der Waals surface area contributed by atoms with Crippen molar-refractivity contribution in [2.24, 2.45) is 5.92 Å². The summed E-state index contributed by atoms with van der Waals surface area (Å²) in [6.45, 7) is 4.10. The van der Waals surface area contributed by atoms with E-state index in [1.807, 2.05) is 6.92 Å². The van der Waals surface area contributed by atoms with Crippen molar-refractivity contribution < 1.29 is 23.7 Å². The number of ether oxygens (including phenoxy) is 4. The van der Waals surface area contributed by atoms with Crippen molar-refractivity contribution in [3.8, 4) is 0 Å². The van der Waals surface area contributed by atoms with Gasteiger partial charge in [-0.25, -0.2) is 0 Å². The normalized spacial score (nSPS) is 43.2. The van der Waals surface area contributed by atoms with Gasteiger partial charge in [0.1, 0.15) is 19.1 Å². The molecule has 148 valence electrons. The number of amides is 1. The average molecular weight is 368 g/mol. The lowest BCUT2D eigenvalue weighted by atomic mass is 9.90. The minimum Gasteiger partial charge on any atom is -0.365 e. The Hall–Kier alpha value is -0.730. The minimum absolute atomic E-state index is 0.0339. The third kappa shape index (κ3) is 4.07. The first-order valence-electron chi connectivity index (χ1n) is 10.3. The standard InChI is InChI=1S/C19H32N2O5/c1-2-23-19-13(4-3-9-20-19)14-7-8-16(26-14)18(22)21-12-5-6-15-17(10-12)25-11-24-15/h12-17,19-20H,2-11H2,1H3,(H,21,22). The largest absolute Gasteiger partial charge is 0.365 e. The molecule has 0 aromatic heterocycles. The zero-order valence-corrected chi connectivity index (χ0v) is 15.7. The summed E-state index contributed by atoms with van der Waals surface area (Å²) in [5, 5.41) is 6.64. The third-order valence-electron chi connectivity index (χ3n) is 6.26. The molecule has 0 aromatic carbocycles. The van der Waals surface area contributed by atoms with Crippen LogP contribution in [0.2, 0.25) is 0 Å². The molecule has 1 amide bonds. The smallest absolute Gasteiger partial charge is 0.249 e. The van der Waals surface area contributed by atoms with E-state index < -0.39 is 0 Å². The lowest BCUT2D eigenvalue weighted by Crippen LogP contribution is -2.49. The fourth-order valence-corrected chi connectivity index (χ4v) is 4.91. The van der Waals surface area contributed by atoms with Gasteiger partial charge < -0.3 is 24.3 Å². The van der Waals surface area contributed by atoms with Gasteiger partial charge in [-0.15, -0.1) is 0 Å². The van der Waals surface area contributed by atoms with Crippen LogP contribution in [0.5, 0.6) is 0 Å². The van der Waals surface area contributed by atoms with Gasteiger partial charge in [-0.3, -0.25) is 10.1 Å². The molecular formula is C19H32N2O5. The number of hydrogen-bond donors (Lipinski definition) is 2. The fraction of sp³-hybridized carbons (Fsp3) is 0.947. The summed E-state index contributed by atoms with van der Waals surface area (Å²) in [7, 11) is 0. The van der Waals surface area contributed by atoms with E-state index >= 15 is 0 Å². The molecule has 3 aliphatic heterocycles. The molecule has 2 N–H and O–H groups in total. The summed E-state index contributed by atoms with van der Waals surface area (Å²) in [5.74, 6) is 0.368. The van der Waals surface area contributed by atoms with Gasteiger partial charge in [0.2, 0.25) is 5.91 Å². The van der Waals surface area contributed by atoms with Crippen LogP contribution < -0.4 is 10.6 Å². The minimum atomic E-state index is -0.331. The number of hydrogen-bond acceptors (Lipinski definition) is 6. The van der Waals surface area contributed by atoms with Gasteiger partial charge in [-0.05, 0) is 58.4 Å². The zero-order valence-electron chi connectivity index (χ0n) is 15.7. The number of carbonyl (C=O) groups excluding carboxylic acids is 1. The van der Waals surface area contributed by atoms with Crippen LogP contribution in [0, 0.1) is 5.92 Å². The molecule has 7 unspecified atom stereocenters. The van der Waals surface area contributed by atoms with Gasteiger partial charge in [0.15, 0.2) is 0 Å². The predicted octanol–water partition coefficient (Wildman–Crippen LogP) is 1.31. The topological polar surface area (TPSA) is 78.1 Å². The van der Waals surface area contributed by atoms with Crippen molar-refractivity contribution in [3.63, 3.8) is 0 Å². The molecule has 4 aliphatic rings. The third-order valence-corrected chi connectivity index (χ3v) is 6.26. The molecule has 3 heterocycles. The van der Waals surface area contributed by atoms with Crippen molar-refractivity contribution in [1.29, 1.82) is 0 Å². The number of carbonyl (C=O) groups is 1. The second-order valence-corrected chi connectivity index (χ2v) is 7.92. The summed E-state index contributed by atoms with van der Waals surface area (Å²) in [6.07, 6.45) is 6.87. The molecule has 1 saturated carbocycles. The second-order valence-electron chi connectivity index (χ2n) is 7.92. The highest BCUT2D eigenvalue weighted by molar-refractivity contribution is 5.81. The van der Waals surface area contributed by atoms with Crippen molar-refractivity contribution >= 4 is 5.91 Å². The molecule has 0 spiro atoms. The van der Waals surface area contributed by atoms with Crippen molar-refractivity contribution in [2.75, 3.05) is 19.9 Å². The predicted molar refractivity (Wildman–Crippen MR) is 94.4 cm³/mol. The van der Waals surface area contributed by atoms with Crippen molar-refractivity contribution in [3.05, 3.63) is 0 Å². The van der Waals surface area contributed by atoms with Crippen LogP contribution in [0.25, 0.3) is 0 Å². The molecule has 0 bridgehead atoms. The van der Waals surface area contributed by atoms with Gasteiger partial charge in [-0.2, -0.15) is 0 Å². The lowest BCUT2D eigenvalue weighted by molar-refractivity contribution is -0.138. The summed E-state index contributed by atoms with van der Waals surface area (Å²) in [6, 6.07) is 0.167.